The highest BCUT2D eigenvalue weighted by molar-refractivity contribution is 6.36. The summed E-state index contributed by atoms with van der Waals surface area (Å²) in [6.45, 7) is 1.91. The second kappa shape index (κ2) is 6.09. The van der Waals surface area contributed by atoms with Gasteiger partial charge in [-0.1, -0.05) is 53.0 Å². The Bertz CT molecular complexity index is 704. The Kier molecular flexibility index (Phi) is 4.44. The molecule has 0 radical (unpaired) electrons. The van der Waals surface area contributed by atoms with Gasteiger partial charge in [0.15, 0.2) is 5.78 Å². The zero-order valence-electron chi connectivity index (χ0n) is 10.7. The lowest BCUT2D eigenvalue weighted by atomic mass is 9.91. The molecule has 2 rings (SSSR count). The number of aryl methyl sites for hydroxylation is 1. The average molecular weight is 304 g/mol. The molecule has 0 aromatic heterocycles. The van der Waals surface area contributed by atoms with Gasteiger partial charge in [-0.3, -0.25) is 4.79 Å². The third kappa shape index (κ3) is 3.01. The van der Waals surface area contributed by atoms with Crippen molar-refractivity contribution in [3.05, 3.63) is 69.2 Å². The van der Waals surface area contributed by atoms with Crippen molar-refractivity contribution in [1.29, 1.82) is 5.26 Å². The van der Waals surface area contributed by atoms with Crippen LogP contribution < -0.4 is 0 Å². The van der Waals surface area contributed by atoms with Gasteiger partial charge in [-0.2, -0.15) is 5.26 Å². The van der Waals surface area contributed by atoms with Gasteiger partial charge in [0, 0.05) is 10.6 Å². The lowest BCUT2D eigenvalue weighted by Crippen LogP contribution is -2.12. The Morgan fingerprint density at radius 2 is 1.95 bits per heavy atom. The number of hydrogen-bond acceptors (Lipinski definition) is 2. The van der Waals surface area contributed by atoms with Crippen LogP contribution in [-0.2, 0) is 0 Å². The molecule has 1 atom stereocenters. The van der Waals surface area contributed by atoms with E-state index in [-0.39, 0.29) is 11.3 Å². The van der Waals surface area contributed by atoms with E-state index in [4.69, 9.17) is 23.2 Å². The highest BCUT2D eigenvalue weighted by Gasteiger charge is 2.24. The largest absolute Gasteiger partial charge is 0.292 e. The van der Waals surface area contributed by atoms with E-state index in [0.717, 1.165) is 5.56 Å². The van der Waals surface area contributed by atoms with Crippen molar-refractivity contribution in [3.8, 4) is 6.07 Å². The van der Waals surface area contributed by atoms with E-state index < -0.39 is 5.92 Å². The molecule has 0 saturated heterocycles. The Balaban J connectivity index is 2.45. The molecular formula is C16H11Cl2NO. The number of halogens is 2. The highest BCUT2D eigenvalue weighted by Crippen LogP contribution is 2.27. The fourth-order valence-electron chi connectivity index (χ4n) is 1.98. The van der Waals surface area contributed by atoms with Gasteiger partial charge in [0.05, 0.1) is 11.1 Å². The molecule has 4 heteroatoms. The number of nitrogens with zero attached hydrogens (tertiary/aromatic N) is 1. The number of nitriles is 1. The first-order valence-electron chi connectivity index (χ1n) is 5.98. The first-order chi connectivity index (χ1) is 9.52. The standard InChI is InChI=1S/C16H11Cl2NO/c1-10-3-2-4-11(7-10)14(9-19)16(20)13-8-12(17)5-6-15(13)18/h2-8,14H,1H3. The van der Waals surface area contributed by atoms with Gasteiger partial charge in [0.2, 0.25) is 0 Å². The van der Waals surface area contributed by atoms with E-state index in [1.165, 1.54) is 6.07 Å². The maximum atomic E-state index is 12.5. The van der Waals surface area contributed by atoms with Crippen LogP contribution in [0, 0.1) is 18.3 Å². The van der Waals surface area contributed by atoms with E-state index in [0.29, 0.717) is 15.6 Å². The number of benzene rings is 2. The molecule has 0 fully saturated rings. The van der Waals surface area contributed by atoms with Gasteiger partial charge < -0.3 is 0 Å². The number of ketones is 1. The molecule has 100 valence electrons. The molecular weight excluding hydrogens is 293 g/mol. The summed E-state index contributed by atoms with van der Waals surface area (Å²) in [5.74, 6) is -1.23. The summed E-state index contributed by atoms with van der Waals surface area (Å²) in [6.07, 6.45) is 0. The molecule has 0 aliphatic carbocycles. The molecule has 20 heavy (non-hydrogen) atoms. The Morgan fingerprint density at radius 3 is 2.60 bits per heavy atom. The topological polar surface area (TPSA) is 40.9 Å². The van der Waals surface area contributed by atoms with Gasteiger partial charge in [-0.25, -0.2) is 0 Å². The summed E-state index contributed by atoms with van der Waals surface area (Å²) < 4.78 is 0. The number of carbonyl (C=O) groups is 1. The lowest BCUT2D eigenvalue weighted by molar-refractivity contribution is 0.0979. The van der Waals surface area contributed by atoms with Crippen molar-refractivity contribution in [2.24, 2.45) is 0 Å². The molecule has 0 aliphatic heterocycles. The Hall–Kier alpha value is -1.82. The summed E-state index contributed by atoms with van der Waals surface area (Å²) in [5, 5.41) is 10.0. The first kappa shape index (κ1) is 14.6. The van der Waals surface area contributed by atoms with Crippen molar-refractivity contribution >= 4 is 29.0 Å². The van der Waals surface area contributed by atoms with Gasteiger partial charge in [-0.15, -0.1) is 0 Å². The summed E-state index contributed by atoms with van der Waals surface area (Å²) in [5.41, 5.74) is 1.92. The molecule has 2 nitrogen and oxygen atoms in total. The van der Waals surface area contributed by atoms with Crippen molar-refractivity contribution < 1.29 is 4.79 Å². The molecule has 2 aromatic carbocycles. The quantitative estimate of drug-likeness (QED) is 0.765. The minimum absolute atomic E-state index is 0.271. The highest BCUT2D eigenvalue weighted by atomic mass is 35.5. The summed E-state index contributed by atoms with van der Waals surface area (Å²) in [4.78, 5) is 12.5. The molecule has 2 aromatic rings. The average Bonchev–Trinajstić information content (AvgIpc) is 2.42. The van der Waals surface area contributed by atoms with Crippen molar-refractivity contribution in [2.75, 3.05) is 0 Å². The second-order valence-corrected chi connectivity index (χ2v) is 5.31. The zero-order chi connectivity index (χ0) is 14.7. The van der Waals surface area contributed by atoms with Crippen LogP contribution in [0.3, 0.4) is 0 Å². The third-order valence-electron chi connectivity index (χ3n) is 2.96. The van der Waals surface area contributed by atoms with Crippen LogP contribution >= 0.6 is 23.2 Å². The number of carbonyl (C=O) groups excluding carboxylic acids is 1. The van der Waals surface area contributed by atoms with E-state index >= 15 is 0 Å². The number of hydrogen-bond donors (Lipinski definition) is 0. The predicted octanol–water partition coefficient (Wildman–Crippen LogP) is 4.79. The van der Waals surface area contributed by atoms with Gasteiger partial charge in [-0.05, 0) is 30.7 Å². The molecule has 0 bridgehead atoms. The molecule has 0 saturated carbocycles. The monoisotopic (exact) mass is 303 g/mol. The molecule has 0 spiro atoms. The third-order valence-corrected chi connectivity index (χ3v) is 3.53. The summed E-state index contributed by atoms with van der Waals surface area (Å²) in [7, 11) is 0. The van der Waals surface area contributed by atoms with Gasteiger partial charge in [0.1, 0.15) is 5.92 Å². The Morgan fingerprint density at radius 1 is 1.20 bits per heavy atom. The van der Waals surface area contributed by atoms with E-state index in [2.05, 4.69) is 0 Å². The van der Waals surface area contributed by atoms with Crippen LogP contribution in [0.2, 0.25) is 10.0 Å². The SMILES string of the molecule is Cc1cccc(C(C#N)C(=O)c2cc(Cl)ccc2Cl)c1. The number of Topliss-reactive ketones (excluding diaryl/α,β-unsaturated/α-hetero) is 1. The van der Waals surface area contributed by atoms with Crippen LogP contribution in [0.15, 0.2) is 42.5 Å². The zero-order valence-corrected chi connectivity index (χ0v) is 12.2. The van der Waals surface area contributed by atoms with Crippen LogP contribution in [-0.4, -0.2) is 5.78 Å². The second-order valence-electron chi connectivity index (χ2n) is 4.46. The van der Waals surface area contributed by atoms with E-state index in [1.54, 1.807) is 18.2 Å². The molecule has 0 N–H and O–H groups in total. The molecule has 0 amide bonds. The van der Waals surface area contributed by atoms with Gasteiger partial charge >= 0.3 is 0 Å². The van der Waals surface area contributed by atoms with Crippen molar-refractivity contribution in [1.82, 2.24) is 0 Å². The maximum Gasteiger partial charge on any atom is 0.185 e. The number of rotatable bonds is 3. The first-order valence-corrected chi connectivity index (χ1v) is 6.74. The molecule has 0 aliphatic rings. The van der Waals surface area contributed by atoms with Crippen LogP contribution in [0.25, 0.3) is 0 Å². The van der Waals surface area contributed by atoms with Crippen LogP contribution in [0.4, 0.5) is 0 Å². The predicted molar refractivity (Wildman–Crippen MR) is 80.3 cm³/mol. The van der Waals surface area contributed by atoms with Gasteiger partial charge in [0.25, 0.3) is 0 Å². The fraction of sp³-hybridized carbons (Fsp3) is 0.125. The molecule has 1 unspecified atom stereocenters. The Labute approximate surface area is 127 Å². The fourth-order valence-corrected chi connectivity index (χ4v) is 2.36. The minimum Gasteiger partial charge on any atom is -0.292 e. The normalized spacial score (nSPS) is 11.7. The summed E-state index contributed by atoms with van der Waals surface area (Å²) >= 11 is 11.9. The minimum atomic E-state index is -0.883. The van der Waals surface area contributed by atoms with Crippen molar-refractivity contribution in [3.63, 3.8) is 0 Å². The van der Waals surface area contributed by atoms with E-state index in [1.807, 2.05) is 31.2 Å². The lowest BCUT2D eigenvalue weighted by Gasteiger charge is -2.11. The van der Waals surface area contributed by atoms with Crippen molar-refractivity contribution in [2.45, 2.75) is 12.8 Å². The van der Waals surface area contributed by atoms with Crippen LogP contribution in [0.5, 0.6) is 0 Å². The van der Waals surface area contributed by atoms with E-state index in [9.17, 15) is 10.1 Å². The summed E-state index contributed by atoms with van der Waals surface area (Å²) in [6, 6.07) is 14.0. The maximum absolute atomic E-state index is 12.5. The smallest absolute Gasteiger partial charge is 0.185 e. The van der Waals surface area contributed by atoms with Crippen LogP contribution in [0.1, 0.15) is 27.4 Å². The molecule has 0 heterocycles.